The third-order valence-corrected chi connectivity index (χ3v) is 11.6. The number of nitrogens with zero attached hydrogens (tertiary/aromatic N) is 6. The summed E-state index contributed by atoms with van der Waals surface area (Å²) in [5, 5.41) is 0. The van der Waals surface area contributed by atoms with E-state index in [1.165, 1.54) is 9.13 Å². The number of fused-ring (bicyclic) bond motifs is 2. The van der Waals surface area contributed by atoms with E-state index in [2.05, 4.69) is 80.1 Å². The van der Waals surface area contributed by atoms with Crippen LogP contribution >= 0.6 is 30.5 Å². The monoisotopic (exact) mass is 1040 g/mol. The van der Waals surface area contributed by atoms with Crippen molar-refractivity contribution >= 4 is 79.5 Å². The van der Waals surface area contributed by atoms with E-state index in [0.717, 1.165) is 36.8 Å². The molecule has 0 amide bonds. The molecule has 4 aromatic heterocycles. The van der Waals surface area contributed by atoms with Crippen LogP contribution in [0.15, 0.2) is 58.1 Å². The zero-order valence-corrected chi connectivity index (χ0v) is 42.8. The molecule has 0 saturated carbocycles. The largest absolute Gasteiger partial charge is 0.463 e. The first-order valence-corrected chi connectivity index (χ1v) is 30.5. The molecule has 0 fully saturated rings. The van der Waals surface area contributed by atoms with Gasteiger partial charge in [-0.15, -0.1) is 15.3 Å². The number of H-pyrrole nitrogens is 2. The molecule has 0 saturated heterocycles. The van der Waals surface area contributed by atoms with Gasteiger partial charge >= 0.3 is 38.6 Å². The maximum absolute atomic E-state index is 12.9. The van der Waals surface area contributed by atoms with Crippen molar-refractivity contribution < 1.29 is 37.4 Å². The highest BCUT2D eigenvalue weighted by molar-refractivity contribution is 9.26. The number of hydrogen-bond acceptors (Lipinski definition) is 14. The van der Waals surface area contributed by atoms with Crippen molar-refractivity contribution in [3.63, 3.8) is 0 Å². The van der Waals surface area contributed by atoms with Gasteiger partial charge in [-0.05, 0) is 50.3 Å². The van der Waals surface area contributed by atoms with Gasteiger partial charge in [0, 0.05) is 8.38 Å². The summed E-state index contributed by atoms with van der Waals surface area (Å²) >= 11 is 3.51. The number of aromatic nitrogens is 8. The third kappa shape index (κ3) is 17.6. The average molecular weight is 1040 g/mol. The van der Waals surface area contributed by atoms with Gasteiger partial charge in [-0.3, -0.25) is 18.3 Å². The molecule has 360 valence electrons. The first kappa shape index (κ1) is 54.0. The van der Waals surface area contributed by atoms with Crippen LogP contribution < -0.4 is 32.3 Å². The second-order valence-electron chi connectivity index (χ2n) is 15.8. The minimum absolute atomic E-state index is 0.0986. The van der Waals surface area contributed by atoms with Gasteiger partial charge in [0.1, 0.15) is 17.7 Å². The summed E-state index contributed by atoms with van der Waals surface area (Å²) in [6, 6.07) is 14.4. The molecule has 0 atom stereocenters. The van der Waals surface area contributed by atoms with Crippen LogP contribution in [0.1, 0.15) is 75.6 Å². The quantitative estimate of drug-likeness (QED) is 0.0197. The van der Waals surface area contributed by atoms with Crippen molar-refractivity contribution in [1.29, 1.82) is 1.34 Å². The lowest BCUT2D eigenvalue weighted by atomic mass is 10.1. The molecule has 2 aromatic carbocycles. The van der Waals surface area contributed by atoms with E-state index in [4.69, 9.17) is 41.1 Å². The zero-order valence-electron chi connectivity index (χ0n) is 39.5. The molecule has 0 bridgehead atoms. The normalized spacial score (nSPS) is 11.8. The third-order valence-electron chi connectivity index (χ3n) is 8.80. The standard InChI is InChI=1S/C21H30N5O5P.C17H22N5O5P.C3H9BrSi.BH/c1-4-7-11-29-20-24-18(22)17-19(25-20)26(21(27)23-17)13-15-9-8-10-16(12-15)14-32(28,30-5-2)31-6-3;1-2-3-7-27-16-20-14(18)13-15(21-16)22(17(23)19-13)9-11-5-4-6-12(8-11)10-28(24,25)26;1-5(2,3)4;/h8-10,12H,4-7,11,13-14H2,1-3H3,(H,23,27)(H2,22,24,25);4-6,8H,2-3,7,9-10H2,1H3,(H,19,23)(H2,18,20,21)(H2,24,25,26);1-3H3;1H/i;;;1D. The number of benzene rings is 2. The minimum Gasteiger partial charge on any atom is -0.463 e. The molecule has 4 heterocycles. The van der Waals surface area contributed by atoms with Crippen molar-refractivity contribution in [2.45, 2.75) is 98.4 Å². The lowest BCUT2D eigenvalue weighted by Gasteiger charge is -2.17. The molecule has 0 aliphatic heterocycles. The Morgan fingerprint density at radius 3 is 1.45 bits per heavy atom. The van der Waals surface area contributed by atoms with Crippen molar-refractivity contribution in [2.75, 3.05) is 37.9 Å². The number of anilines is 2. The highest BCUT2D eigenvalue weighted by atomic mass is 79.9. The molecule has 0 aliphatic rings. The van der Waals surface area contributed by atoms with Crippen LogP contribution in [0.2, 0.25) is 19.6 Å². The lowest BCUT2D eigenvalue weighted by Crippen LogP contribution is -2.18. The fourth-order valence-electron chi connectivity index (χ4n) is 6.10. The van der Waals surface area contributed by atoms with E-state index in [-0.39, 0.29) is 54.8 Å². The molecular weight excluding hydrogens is 973 g/mol. The average Bonchev–Trinajstić information content (AvgIpc) is 3.73. The van der Waals surface area contributed by atoms with E-state index < -0.39 is 27.6 Å². The predicted octanol–water partition coefficient (Wildman–Crippen LogP) is 6.87. The highest BCUT2D eigenvalue weighted by Gasteiger charge is 2.24. The Bertz CT molecular complexity index is 2710. The van der Waals surface area contributed by atoms with Crippen LogP contribution in [0.5, 0.6) is 12.0 Å². The fourth-order valence-corrected chi connectivity index (χ4v) is 8.46. The Labute approximate surface area is 395 Å². The summed E-state index contributed by atoms with van der Waals surface area (Å²) in [5.74, 6) is 0.267. The SMILES string of the molecule is CCCCOc1nc(N)c2[nH]c(=O)n(Cc3cccc(CP(=O)(O)O)c3)c2n1.CCCCOc1nc(N)c2[nH]c(=O)n(Cc3cccc(CP(=O)(OCC)OCC)c3)c2n1.C[Si](C)(C)Br.[2H][B]. The number of nitrogens with one attached hydrogen (secondary N) is 2. The summed E-state index contributed by atoms with van der Waals surface area (Å²) in [5.41, 5.74) is 15.3. The molecule has 6 rings (SSSR count). The topological polar surface area (TPSA) is 291 Å². The molecule has 6 aromatic rings. The van der Waals surface area contributed by atoms with Crippen LogP contribution in [-0.4, -0.2) is 91.7 Å². The van der Waals surface area contributed by atoms with E-state index in [0.29, 0.717) is 59.9 Å². The zero-order chi connectivity index (χ0) is 50.0. The number of halogens is 1. The van der Waals surface area contributed by atoms with Gasteiger partial charge in [-0.1, -0.05) is 94.9 Å². The van der Waals surface area contributed by atoms with Crippen molar-refractivity contribution in [3.05, 3.63) is 91.8 Å². The van der Waals surface area contributed by atoms with Crippen LogP contribution in [0.3, 0.4) is 0 Å². The maximum Gasteiger partial charge on any atom is 0.335 e. The highest BCUT2D eigenvalue weighted by Crippen LogP contribution is 2.51. The smallest absolute Gasteiger partial charge is 0.335 e. The van der Waals surface area contributed by atoms with Crippen molar-refractivity contribution in [2.24, 2.45) is 0 Å². The molecule has 66 heavy (non-hydrogen) atoms. The van der Waals surface area contributed by atoms with E-state index in [9.17, 15) is 18.7 Å². The molecule has 0 aliphatic carbocycles. The van der Waals surface area contributed by atoms with Crippen molar-refractivity contribution in [3.8, 4) is 12.0 Å². The molecule has 25 heteroatoms. The lowest BCUT2D eigenvalue weighted by molar-refractivity contribution is 0.219. The Kier molecular flexibility index (Phi) is 20.9. The number of aromatic amines is 2. The molecule has 20 nitrogen and oxygen atoms in total. The van der Waals surface area contributed by atoms with E-state index >= 15 is 0 Å². The van der Waals surface area contributed by atoms with Crippen LogP contribution in [-0.2, 0) is 43.6 Å². The van der Waals surface area contributed by atoms with E-state index in [1.807, 2.05) is 31.2 Å². The first-order chi connectivity index (χ1) is 31.6. The molecule has 8 N–H and O–H groups in total. The molecule has 2 radical (unpaired) electrons. The maximum atomic E-state index is 12.9. The number of nitrogens with two attached hydrogens (primary N) is 2. The van der Waals surface area contributed by atoms with Gasteiger partial charge in [0.15, 0.2) is 22.9 Å². The Hall–Kier alpha value is -4.60. The minimum atomic E-state index is -4.18. The van der Waals surface area contributed by atoms with Crippen LogP contribution in [0.4, 0.5) is 11.6 Å². The summed E-state index contributed by atoms with van der Waals surface area (Å²) in [6.07, 6.45) is 3.42. The van der Waals surface area contributed by atoms with E-state index in [1.54, 1.807) is 38.1 Å². The summed E-state index contributed by atoms with van der Waals surface area (Å²) in [7, 11) is -3.67. The number of unbranched alkanes of at least 4 members (excludes halogenated alkanes) is 2. The van der Waals surface area contributed by atoms with Gasteiger partial charge in [-0.2, -0.15) is 19.9 Å². The van der Waals surface area contributed by atoms with Gasteiger partial charge in [0.25, 0.3) is 0 Å². The van der Waals surface area contributed by atoms with Crippen LogP contribution in [0, 0.1) is 0 Å². The number of hydrogen-bond donors (Lipinski definition) is 6. The van der Waals surface area contributed by atoms with Gasteiger partial charge in [0.2, 0.25) is 0 Å². The summed E-state index contributed by atoms with van der Waals surface area (Å²) < 4.78 is 54.1. The Balaban J connectivity index is 0.000000314. The number of ether oxygens (including phenoxy) is 2. The number of rotatable bonds is 20. The van der Waals surface area contributed by atoms with Gasteiger partial charge in [0.05, 0.1) is 51.8 Å². The van der Waals surface area contributed by atoms with Gasteiger partial charge < -0.3 is 49.7 Å². The molecular formula is C41H62BBrN10O10P2Si. The van der Waals surface area contributed by atoms with Gasteiger partial charge in [-0.25, -0.2) is 9.59 Å². The summed E-state index contributed by atoms with van der Waals surface area (Å²) in [6.45, 7) is 15.5. The predicted molar refractivity (Wildman–Crippen MR) is 267 cm³/mol. The Morgan fingerprint density at radius 1 is 0.712 bits per heavy atom. The number of imidazole rings is 2. The second kappa shape index (κ2) is 25.5. The summed E-state index contributed by atoms with van der Waals surface area (Å²) in [4.78, 5) is 65.6. The fraction of sp³-hybridized carbons (Fsp3) is 0.463. The first-order valence-electron chi connectivity index (χ1n) is 21.8. The molecule has 0 spiro atoms. The molecule has 0 unspecified atom stereocenters. The number of nitrogen functional groups attached to an aromatic ring is 2. The second-order valence-corrected chi connectivity index (χ2v) is 30.7. The Morgan fingerprint density at radius 2 is 1.09 bits per heavy atom. The van der Waals surface area contributed by atoms with Crippen molar-refractivity contribution in [1.82, 2.24) is 39.0 Å². The van der Waals surface area contributed by atoms with Crippen LogP contribution in [0.25, 0.3) is 22.3 Å².